The van der Waals surface area contributed by atoms with Gasteiger partial charge < -0.3 is 30.5 Å². The summed E-state index contributed by atoms with van der Waals surface area (Å²) >= 11 is 0. The molecule has 100 valence electrons. The van der Waals surface area contributed by atoms with E-state index in [-0.39, 0.29) is 18.8 Å². The van der Waals surface area contributed by atoms with Crippen LogP contribution in [-0.4, -0.2) is 59.7 Å². The first kappa shape index (κ1) is 11.8. The molecule has 0 amide bonds. The lowest BCUT2D eigenvalue weighted by Crippen LogP contribution is -2.42. The molecule has 0 aromatic rings. The first-order chi connectivity index (χ1) is 8.72. The minimum Gasteiger partial charge on any atom is -0.394 e. The Labute approximate surface area is 105 Å². The number of aliphatic hydroxyl groups is 2. The maximum atomic E-state index is 9.99. The zero-order valence-corrected chi connectivity index (χ0v) is 10.2. The van der Waals surface area contributed by atoms with Crippen LogP contribution in [0.15, 0.2) is 16.5 Å². The number of aliphatic hydroxyl groups excluding tert-OH is 2. The van der Waals surface area contributed by atoms with Crippen LogP contribution in [0.5, 0.6) is 0 Å². The van der Waals surface area contributed by atoms with Gasteiger partial charge in [-0.25, -0.2) is 0 Å². The molecule has 4 N–H and O–H groups in total. The summed E-state index contributed by atoms with van der Waals surface area (Å²) < 4.78 is 5.74. The second kappa shape index (κ2) is 4.42. The molecule has 4 unspecified atom stereocenters. The molecule has 7 nitrogen and oxygen atoms in total. The van der Waals surface area contributed by atoms with Gasteiger partial charge in [-0.15, -0.1) is 0 Å². The predicted octanol–water partition coefficient (Wildman–Crippen LogP) is -1.64. The van der Waals surface area contributed by atoms with Gasteiger partial charge in [-0.1, -0.05) is 6.92 Å². The fourth-order valence-electron chi connectivity index (χ4n) is 2.68. The van der Waals surface area contributed by atoms with Crippen molar-refractivity contribution in [3.63, 3.8) is 0 Å². The zero-order chi connectivity index (χ0) is 12.7. The highest BCUT2D eigenvalue weighted by Crippen LogP contribution is 2.32. The van der Waals surface area contributed by atoms with Gasteiger partial charge in [-0.3, -0.25) is 4.99 Å². The Kier molecular flexibility index (Phi) is 2.89. The van der Waals surface area contributed by atoms with Crippen molar-refractivity contribution in [3.05, 3.63) is 11.5 Å². The average molecular weight is 254 g/mol. The van der Waals surface area contributed by atoms with Crippen LogP contribution in [-0.2, 0) is 4.74 Å². The molecule has 3 aliphatic heterocycles. The molecule has 1 fully saturated rings. The second-order valence-electron chi connectivity index (χ2n) is 4.84. The third-order valence-electron chi connectivity index (χ3n) is 3.75. The largest absolute Gasteiger partial charge is 0.394 e. The number of rotatable bonds is 2. The van der Waals surface area contributed by atoms with Gasteiger partial charge in [0.25, 0.3) is 0 Å². The summed E-state index contributed by atoms with van der Waals surface area (Å²) in [5, 5.41) is 25.5. The molecule has 4 atom stereocenters. The van der Waals surface area contributed by atoms with Crippen molar-refractivity contribution in [1.29, 1.82) is 0 Å². The van der Waals surface area contributed by atoms with Crippen LogP contribution in [0.2, 0.25) is 0 Å². The smallest absolute Gasteiger partial charge is 0.138 e. The fraction of sp³-hybridized carbons (Fsp3) is 0.727. The minimum absolute atomic E-state index is 0.0588. The Morgan fingerprint density at radius 3 is 3.17 bits per heavy atom. The summed E-state index contributed by atoms with van der Waals surface area (Å²) in [5.74, 6) is 0.893. The lowest BCUT2D eigenvalue weighted by molar-refractivity contribution is -0.0712. The Balaban J connectivity index is 1.78. The van der Waals surface area contributed by atoms with Gasteiger partial charge in [-0.05, 0) is 0 Å². The van der Waals surface area contributed by atoms with Crippen molar-refractivity contribution in [3.8, 4) is 0 Å². The number of nitrogens with one attached hydrogen (secondary N) is 2. The molecule has 0 radical (unpaired) electrons. The SMILES string of the molecule is CC1C(O)C(CO)OC1N1CNC2=C1NC=NC2. The molecular formula is C11H18N4O3. The summed E-state index contributed by atoms with van der Waals surface area (Å²) in [7, 11) is 0. The van der Waals surface area contributed by atoms with Gasteiger partial charge in [0.05, 0.1) is 38.0 Å². The molecule has 3 heterocycles. The third-order valence-corrected chi connectivity index (χ3v) is 3.75. The Hall–Kier alpha value is -1.31. The van der Waals surface area contributed by atoms with Crippen molar-refractivity contribution in [1.82, 2.24) is 15.5 Å². The Bertz CT molecular complexity index is 398. The molecule has 0 spiro atoms. The van der Waals surface area contributed by atoms with E-state index in [0.717, 1.165) is 11.5 Å². The van der Waals surface area contributed by atoms with Gasteiger partial charge >= 0.3 is 0 Å². The van der Waals surface area contributed by atoms with Crippen molar-refractivity contribution >= 4 is 6.34 Å². The number of hydrogen-bond acceptors (Lipinski definition) is 7. The monoisotopic (exact) mass is 254 g/mol. The van der Waals surface area contributed by atoms with Crippen LogP contribution in [0.4, 0.5) is 0 Å². The van der Waals surface area contributed by atoms with Crippen LogP contribution in [0, 0.1) is 5.92 Å². The molecule has 0 saturated carbocycles. The quantitative estimate of drug-likeness (QED) is 0.473. The summed E-state index contributed by atoms with van der Waals surface area (Å²) in [6, 6.07) is 0. The summed E-state index contributed by atoms with van der Waals surface area (Å²) in [4.78, 5) is 6.16. The molecule has 3 rings (SSSR count). The van der Waals surface area contributed by atoms with E-state index in [0.29, 0.717) is 13.2 Å². The molecule has 0 aromatic carbocycles. The van der Waals surface area contributed by atoms with Crippen molar-refractivity contribution < 1.29 is 14.9 Å². The van der Waals surface area contributed by atoms with E-state index in [1.807, 2.05) is 11.8 Å². The maximum absolute atomic E-state index is 9.99. The molecule has 0 bridgehead atoms. The lowest BCUT2D eigenvalue weighted by Gasteiger charge is -2.30. The van der Waals surface area contributed by atoms with Gasteiger partial charge in [0.15, 0.2) is 0 Å². The summed E-state index contributed by atoms with van der Waals surface area (Å²) in [6.45, 7) is 3.03. The molecule has 7 heteroatoms. The molecular weight excluding hydrogens is 236 g/mol. The van der Waals surface area contributed by atoms with E-state index >= 15 is 0 Å². The number of nitrogens with zero attached hydrogens (tertiary/aromatic N) is 2. The highest BCUT2D eigenvalue weighted by Gasteiger charge is 2.45. The van der Waals surface area contributed by atoms with E-state index < -0.39 is 12.2 Å². The van der Waals surface area contributed by atoms with E-state index in [2.05, 4.69) is 15.6 Å². The molecule has 1 saturated heterocycles. The van der Waals surface area contributed by atoms with Crippen LogP contribution >= 0.6 is 0 Å². The normalized spacial score (nSPS) is 38.7. The first-order valence-electron chi connectivity index (χ1n) is 6.15. The highest BCUT2D eigenvalue weighted by molar-refractivity contribution is 5.60. The molecule has 0 aliphatic carbocycles. The van der Waals surface area contributed by atoms with Gasteiger partial charge in [0.1, 0.15) is 18.2 Å². The lowest BCUT2D eigenvalue weighted by atomic mass is 10.0. The second-order valence-corrected chi connectivity index (χ2v) is 4.84. The van der Waals surface area contributed by atoms with E-state index in [1.165, 1.54) is 0 Å². The van der Waals surface area contributed by atoms with E-state index in [9.17, 15) is 10.2 Å². The highest BCUT2D eigenvalue weighted by atomic mass is 16.5. The number of hydrogen-bond donors (Lipinski definition) is 4. The first-order valence-corrected chi connectivity index (χ1v) is 6.15. The van der Waals surface area contributed by atoms with E-state index in [4.69, 9.17) is 4.74 Å². The Morgan fingerprint density at radius 1 is 1.61 bits per heavy atom. The van der Waals surface area contributed by atoms with Crippen LogP contribution in [0.25, 0.3) is 0 Å². The van der Waals surface area contributed by atoms with Crippen molar-refractivity contribution in [2.75, 3.05) is 19.8 Å². The predicted molar refractivity (Wildman–Crippen MR) is 64.3 cm³/mol. The standard InChI is InChI=1S/C11H18N4O3/c1-6-9(17)8(3-16)18-11(6)15-5-14-7-2-12-4-13-10(7)15/h4,6,8-9,11,14,16-17H,2-3,5H2,1H3,(H,12,13). The van der Waals surface area contributed by atoms with Gasteiger partial charge in [-0.2, -0.15) is 0 Å². The molecule has 18 heavy (non-hydrogen) atoms. The molecule has 3 aliphatic rings. The van der Waals surface area contributed by atoms with Crippen molar-refractivity contribution in [2.45, 2.75) is 25.4 Å². The zero-order valence-electron chi connectivity index (χ0n) is 10.2. The van der Waals surface area contributed by atoms with E-state index in [1.54, 1.807) is 6.34 Å². The number of ether oxygens (including phenoxy) is 1. The maximum Gasteiger partial charge on any atom is 0.138 e. The van der Waals surface area contributed by atoms with Crippen LogP contribution in [0.1, 0.15) is 6.92 Å². The summed E-state index contributed by atoms with van der Waals surface area (Å²) in [6.07, 6.45) is 0.281. The number of aliphatic imine (C=N–C) groups is 1. The third kappa shape index (κ3) is 1.66. The van der Waals surface area contributed by atoms with Crippen molar-refractivity contribution in [2.24, 2.45) is 10.9 Å². The minimum atomic E-state index is -0.637. The average Bonchev–Trinajstić information content (AvgIpc) is 2.93. The van der Waals surface area contributed by atoms with Crippen LogP contribution in [0.3, 0.4) is 0 Å². The van der Waals surface area contributed by atoms with Crippen LogP contribution < -0.4 is 10.6 Å². The Morgan fingerprint density at radius 2 is 2.44 bits per heavy atom. The fourth-order valence-corrected chi connectivity index (χ4v) is 2.68. The topological polar surface area (TPSA) is 89.3 Å². The van der Waals surface area contributed by atoms with Gasteiger partial charge in [0, 0.05) is 5.92 Å². The summed E-state index contributed by atoms with van der Waals surface area (Å²) in [5.41, 5.74) is 1.04. The molecule has 0 aromatic heterocycles. The van der Waals surface area contributed by atoms with Gasteiger partial charge in [0.2, 0.25) is 0 Å².